The van der Waals surface area contributed by atoms with Gasteiger partial charge in [-0.3, -0.25) is 4.21 Å². The molecule has 1 aromatic rings. The summed E-state index contributed by atoms with van der Waals surface area (Å²) >= 11 is 5.73. The van der Waals surface area contributed by atoms with Gasteiger partial charge in [-0.25, -0.2) is 9.97 Å². The van der Waals surface area contributed by atoms with E-state index in [1.807, 2.05) is 0 Å². The molecular weight excluding hydrogens is 234 g/mol. The summed E-state index contributed by atoms with van der Waals surface area (Å²) in [4.78, 5) is 7.77. The molecule has 0 radical (unpaired) electrons. The Morgan fingerprint density at radius 1 is 1.40 bits per heavy atom. The smallest absolute Gasteiger partial charge is 0.133 e. The summed E-state index contributed by atoms with van der Waals surface area (Å²) in [7, 11) is -1.06. The van der Waals surface area contributed by atoms with Crippen LogP contribution >= 0.6 is 11.6 Å². The molecule has 0 amide bonds. The average Bonchev–Trinajstić information content (AvgIpc) is 2.29. The third-order valence-corrected chi connectivity index (χ3v) is 4.32. The SMILES string of the molecule is O=[S@@](c1cc(Cl)ncn1)C1CCNCC1. The summed E-state index contributed by atoms with van der Waals surface area (Å²) in [6, 6.07) is 1.58. The highest BCUT2D eigenvalue weighted by Gasteiger charge is 2.21. The standard InChI is InChI=1S/C9H12ClN3OS/c10-8-5-9(13-6-12-8)15(14)7-1-3-11-4-2-7/h5-7,11H,1-4H2/t15-/m1/s1. The molecule has 1 saturated heterocycles. The van der Waals surface area contributed by atoms with Crippen LogP contribution in [0.3, 0.4) is 0 Å². The Morgan fingerprint density at radius 3 is 2.80 bits per heavy atom. The Bertz CT molecular complexity index is 368. The van der Waals surface area contributed by atoms with E-state index in [-0.39, 0.29) is 5.25 Å². The lowest BCUT2D eigenvalue weighted by molar-refractivity contribution is 0.518. The van der Waals surface area contributed by atoms with Crippen molar-refractivity contribution in [1.82, 2.24) is 15.3 Å². The van der Waals surface area contributed by atoms with Gasteiger partial charge in [0.15, 0.2) is 0 Å². The van der Waals surface area contributed by atoms with E-state index >= 15 is 0 Å². The predicted octanol–water partition coefficient (Wildman–Crippen LogP) is 0.990. The number of hydrogen-bond acceptors (Lipinski definition) is 4. The Balaban J connectivity index is 2.12. The van der Waals surface area contributed by atoms with Crippen molar-refractivity contribution in [3.63, 3.8) is 0 Å². The third-order valence-electron chi connectivity index (χ3n) is 2.40. The van der Waals surface area contributed by atoms with E-state index in [0.29, 0.717) is 10.2 Å². The minimum absolute atomic E-state index is 0.192. The first-order chi connectivity index (χ1) is 7.27. The van der Waals surface area contributed by atoms with Crippen LogP contribution in [0, 0.1) is 0 Å². The monoisotopic (exact) mass is 245 g/mol. The van der Waals surface area contributed by atoms with E-state index in [4.69, 9.17) is 11.6 Å². The molecule has 2 rings (SSSR count). The number of halogens is 1. The Morgan fingerprint density at radius 2 is 2.13 bits per heavy atom. The van der Waals surface area contributed by atoms with E-state index < -0.39 is 10.8 Å². The molecule has 1 atom stereocenters. The molecule has 1 N–H and O–H groups in total. The van der Waals surface area contributed by atoms with Gasteiger partial charge in [-0.1, -0.05) is 11.6 Å². The second-order valence-corrected chi connectivity index (χ2v) is 5.49. The molecule has 0 aliphatic carbocycles. The van der Waals surface area contributed by atoms with Crippen molar-refractivity contribution in [2.45, 2.75) is 23.1 Å². The van der Waals surface area contributed by atoms with Crippen LogP contribution in [0.5, 0.6) is 0 Å². The van der Waals surface area contributed by atoms with E-state index in [1.165, 1.54) is 6.33 Å². The van der Waals surface area contributed by atoms with Gasteiger partial charge in [0.2, 0.25) is 0 Å². The van der Waals surface area contributed by atoms with Crippen molar-refractivity contribution >= 4 is 22.4 Å². The molecule has 2 heterocycles. The molecule has 15 heavy (non-hydrogen) atoms. The fourth-order valence-electron chi connectivity index (χ4n) is 1.61. The van der Waals surface area contributed by atoms with Gasteiger partial charge in [-0.05, 0) is 25.9 Å². The zero-order valence-electron chi connectivity index (χ0n) is 8.15. The summed E-state index contributed by atoms with van der Waals surface area (Å²) in [5, 5.41) is 4.32. The van der Waals surface area contributed by atoms with E-state index in [1.54, 1.807) is 6.07 Å². The van der Waals surface area contributed by atoms with E-state index in [9.17, 15) is 4.21 Å². The lowest BCUT2D eigenvalue weighted by Gasteiger charge is -2.21. The highest BCUT2D eigenvalue weighted by molar-refractivity contribution is 7.85. The van der Waals surface area contributed by atoms with Crippen LogP contribution in [0.2, 0.25) is 5.15 Å². The first-order valence-electron chi connectivity index (χ1n) is 4.86. The highest BCUT2D eigenvalue weighted by Crippen LogP contribution is 2.17. The maximum Gasteiger partial charge on any atom is 0.133 e. The molecule has 0 aromatic carbocycles. The molecule has 0 bridgehead atoms. The molecule has 1 aliphatic rings. The Hall–Kier alpha value is -0.520. The van der Waals surface area contributed by atoms with Gasteiger partial charge < -0.3 is 5.32 Å². The number of rotatable bonds is 2. The predicted molar refractivity (Wildman–Crippen MR) is 59.3 cm³/mol. The van der Waals surface area contributed by atoms with Crippen LogP contribution in [-0.4, -0.2) is 32.5 Å². The number of piperidine rings is 1. The lowest BCUT2D eigenvalue weighted by atomic mass is 10.2. The maximum atomic E-state index is 12.1. The van der Waals surface area contributed by atoms with Crippen molar-refractivity contribution in [2.75, 3.05) is 13.1 Å². The van der Waals surface area contributed by atoms with Crippen molar-refractivity contribution in [1.29, 1.82) is 0 Å². The molecule has 1 fully saturated rings. The second-order valence-electron chi connectivity index (χ2n) is 3.43. The fourth-order valence-corrected chi connectivity index (χ4v) is 3.20. The minimum atomic E-state index is -1.06. The molecular formula is C9H12ClN3OS. The molecule has 1 aromatic heterocycles. The van der Waals surface area contributed by atoms with Gasteiger partial charge >= 0.3 is 0 Å². The molecule has 6 heteroatoms. The first kappa shape index (κ1) is 11.0. The van der Waals surface area contributed by atoms with Crippen molar-refractivity contribution in [3.8, 4) is 0 Å². The third kappa shape index (κ3) is 2.74. The molecule has 0 saturated carbocycles. The van der Waals surface area contributed by atoms with Crippen molar-refractivity contribution in [2.24, 2.45) is 0 Å². The Kier molecular flexibility index (Phi) is 3.66. The van der Waals surface area contributed by atoms with Crippen LogP contribution in [0.1, 0.15) is 12.8 Å². The van der Waals surface area contributed by atoms with E-state index in [0.717, 1.165) is 25.9 Å². The number of aromatic nitrogens is 2. The summed E-state index contributed by atoms with van der Waals surface area (Å²) in [6.07, 6.45) is 3.21. The highest BCUT2D eigenvalue weighted by atomic mass is 35.5. The summed E-state index contributed by atoms with van der Waals surface area (Å²) in [6.45, 7) is 1.85. The number of nitrogens with one attached hydrogen (secondary N) is 1. The topological polar surface area (TPSA) is 54.9 Å². The lowest BCUT2D eigenvalue weighted by Crippen LogP contribution is -2.33. The quantitative estimate of drug-likeness (QED) is 0.790. The second kappa shape index (κ2) is 5.01. The van der Waals surface area contributed by atoms with Gasteiger partial charge in [-0.2, -0.15) is 0 Å². The summed E-state index contributed by atoms with van der Waals surface area (Å²) < 4.78 is 12.1. The van der Waals surface area contributed by atoms with Crippen molar-refractivity contribution < 1.29 is 4.21 Å². The number of hydrogen-bond donors (Lipinski definition) is 1. The maximum absolute atomic E-state index is 12.1. The first-order valence-corrected chi connectivity index (χ1v) is 6.45. The molecule has 0 spiro atoms. The van der Waals surface area contributed by atoms with Crippen LogP contribution in [-0.2, 0) is 10.8 Å². The summed E-state index contributed by atoms with van der Waals surface area (Å²) in [5.74, 6) is 0. The van der Waals surface area contributed by atoms with Crippen LogP contribution in [0.25, 0.3) is 0 Å². The fraction of sp³-hybridized carbons (Fsp3) is 0.556. The van der Waals surface area contributed by atoms with Crippen LogP contribution < -0.4 is 5.32 Å². The van der Waals surface area contributed by atoms with Gasteiger partial charge in [0, 0.05) is 11.3 Å². The zero-order chi connectivity index (χ0) is 10.7. The Labute approximate surface area is 95.9 Å². The van der Waals surface area contributed by atoms with Gasteiger partial charge in [0.25, 0.3) is 0 Å². The van der Waals surface area contributed by atoms with Gasteiger partial charge in [0.1, 0.15) is 16.5 Å². The van der Waals surface area contributed by atoms with E-state index in [2.05, 4.69) is 15.3 Å². The van der Waals surface area contributed by atoms with Crippen molar-refractivity contribution in [3.05, 3.63) is 17.5 Å². The molecule has 0 unspecified atom stereocenters. The normalized spacial score (nSPS) is 20.1. The van der Waals surface area contributed by atoms with Crippen LogP contribution in [0.15, 0.2) is 17.4 Å². The zero-order valence-corrected chi connectivity index (χ0v) is 9.72. The average molecular weight is 246 g/mol. The van der Waals surface area contributed by atoms with Crippen LogP contribution in [0.4, 0.5) is 0 Å². The molecule has 82 valence electrons. The molecule has 4 nitrogen and oxygen atoms in total. The largest absolute Gasteiger partial charge is 0.317 e. The minimum Gasteiger partial charge on any atom is -0.317 e. The number of nitrogens with zero attached hydrogens (tertiary/aromatic N) is 2. The molecule has 1 aliphatic heterocycles. The summed E-state index contributed by atoms with van der Waals surface area (Å²) in [5.41, 5.74) is 0. The van der Waals surface area contributed by atoms with Gasteiger partial charge in [-0.15, -0.1) is 0 Å². The van der Waals surface area contributed by atoms with Gasteiger partial charge in [0.05, 0.1) is 10.8 Å².